The molecule has 0 spiro atoms. The van der Waals surface area contributed by atoms with Crippen LogP contribution in [0.15, 0.2) is 0 Å². The first-order valence-electron chi connectivity index (χ1n) is 9.15. The smallest absolute Gasteiger partial charge is 0.136 e. The summed E-state index contributed by atoms with van der Waals surface area (Å²) in [6.45, 7) is 7.56. The lowest BCUT2D eigenvalue weighted by molar-refractivity contribution is -0.129. The average Bonchev–Trinajstić information content (AvgIpc) is 2.49. The van der Waals surface area contributed by atoms with E-state index in [-0.39, 0.29) is 0 Å². The molecule has 1 saturated carbocycles. The van der Waals surface area contributed by atoms with Gasteiger partial charge in [-0.3, -0.25) is 4.79 Å². The van der Waals surface area contributed by atoms with Crippen LogP contribution in [0.4, 0.5) is 0 Å². The third-order valence-electron chi connectivity index (χ3n) is 5.45. The Labute approximate surface area is 132 Å². The highest BCUT2D eigenvalue weighted by molar-refractivity contribution is 5.82. The molecule has 0 aromatic carbocycles. The Morgan fingerprint density at radius 2 is 2.05 bits per heavy atom. The summed E-state index contributed by atoms with van der Waals surface area (Å²) < 4.78 is 5.25. The molecule has 21 heavy (non-hydrogen) atoms. The van der Waals surface area contributed by atoms with Crippen LogP contribution in [0.3, 0.4) is 0 Å². The molecule has 1 aliphatic carbocycles. The predicted molar refractivity (Wildman–Crippen MR) is 89.4 cm³/mol. The Kier molecular flexibility index (Phi) is 9.23. The van der Waals surface area contributed by atoms with Crippen molar-refractivity contribution in [3.63, 3.8) is 0 Å². The summed E-state index contributed by atoms with van der Waals surface area (Å²) in [6.07, 6.45) is 10.5. The van der Waals surface area contributed by atoms with E-state index in [4.69, 9.17) is 4.74 Å². The van der Waals surface area contributed by atoms with Crippen LogP contribution in [0, 0.1) is 23.7 Å². The maximum Gasteiger partial charge on any atom is 0.136 e. The van der Waals surface area contributed by atoms with Gasteiger partial charge in [-0.25, -0.2) is 0 Å². The molecular weight excluding hydrogens is 260 g/mol. The van der Waals surface area contributed by atoms with E-state index in [1.807, 2.05) is 0 Å². The predicted octanol–water partition coefficient (Wildman–Crippen LogP) is 5.25. The van der Waals surface area contributed by atoms with E-state index in [1.165, 1.54) is 38.5 Å². The lowest BCUT2D eigenvalue weighted by Crippen LogP contribution is -2.35. The van der Waals surface area contributed by atoms with Crippen molar-refractivity contribution in [3.8, 4) is 0 Å². The molecule has 0 aliphatic heterocycles. The molecule has 0 aromatic heterocycles. The molecule has 0 N–H and O–H groups in total. The second-order valence-electron chi connectivity index (χ2n) is 7.06. The van der Waals surface area contributed by atoms with Crippen molar-refractivity contribution in [2.24, 2.45) is 23.7 Å². The van der Waals surface area contributed by atoms with Gasteiger partial charge >= 0.3 is 0 Å². The fourth-order valence-corrected chi connectivity index (χ4v) is 4.06. The van der Waals surface area contributed by atoms with E-state index in [9.17, 15) is 4.79 Å². The molecule has 0 heterocycles. The van der Waals surface area contributed by atoms with Gasteiger partial charge in [-0.05, 0) is 30.6 Å². The summed E-state index contributed by atoms with van der Waals surface area (Å²) in [5, 5.41) is 0. The number of methoxy groups -OCH3 is 1. The molecule has 4 atom stereocenters. The Bertz CT molecular complexity index is 287. The highest BCUT2D eigenvalue weighted by atomic mass is 16.5. The summed E-state index contributed by atoms with van der Waals surface area (Å²) in [7, 11) is 1.76. The van der Waals surface area contributed by atoms with Crippen LogP contribution in [-0.2, 0) is 9.53 Å². The van der Waals surface area contributed by atoms with Crippen LogP contribution < -0.4 is 0 Å². The van der Waals surface area contributed by atoms with Crippen molar-refractivity contribution < 1.29 is 9.53 Å². The summed E-state index contributed by atoms with van der Waals surface area (Å²) in [4.78, 5) is 12.9. The van der Waals surface area contributed by atoms with Gasteiger partial charge in [0.1, 0.15) is 5.78 Å². The van der Waals surface area contributed by atoms with Crippen molar-refractivity contribution in [2.45, 2.75) is 78.6 Å². The number of ketones is 1. The summed E-state index contributed by atoms with van der Waals surface area (Å²) in [5.41, 5.74) is 0. The van der Waals surface area contributed by atoms with E-state index >= 15 is 0 Å². The standard InChI is InChI=1S/C19H36O2/c1-5-7-10-16(6-2)14-18(20)19-15(3)9-8-11-17(19)12-13-21-4/h15-17,19H,5-14H2,1-4H3. The number of carbonyl (C=O) groups is 1. The number of hydrogen-bond acceptors (Lipinski definition) is 2. The molecule has 0 amide bonds. The molecule has 1 fully saturated rings. The van der Waals surface area contributed by atoms with Gasteiger partial charge in [-0.2, -0.15) is 0 Å². The van der Waals surface area contributed by atoms with Gasteiger partial charge in [0.25, 0.3) is 0 Å². The molecule has 0 aromatic rings. The minimum Gasteiger partial charge on any atom is -0.385 e. The van der Waals surface area contributed by atoms with Crippen molar-refractivity contribution in [3.05, 3.63) is 0 Å². The maximum atomic E-state index is 12.9. The largest absolute Gasteiger partial charge is 0.385 e. The highest BCUT2D eigenvalue weighted by Crippen LogP contribution is 2.38. The molecule has 0 saturated heterocycles. The van der Waals surface area contributed by atoms with Crippen LogP contribution in [0.2, 0.25) is 0 Å². The second-order valence-corrected chi connectivity index (χ2v) is 7.06. The molecule has 0 radical (unpaired) electrons. The average molecular weight is 296 g/mol. The van der Waals surface area contributed by atoms with Gasteiger partial charge in [0.15, 0.2) is 0 Å². The van der Waals surface area contributed by atoms with Gasteiger partial charge in [0.05, 0.1) is 0 Å². The Hall–Kier alpha value is -0.370. The first kappa shape index (κ1) is 18.7. The van der Waals surface area contributed by atoms with Crippen molar-refractivity contribution in [2.75, 3.05) is 13.7 Å². The Morgan fingerprint density at radius 3 is 2.67 bits per heavy atom. The highest BCUT2D eigenvalue weighted by Gasteiger charge is 2.35. The van der Waals surface area contributed by atoms with Gasteiger partial charge in [0.2, 0.25) is 0 Å². The van der Waals surface area contributed by atoms with Crippen LogP contribution in [-0.4, -0.2) is 19.5 Å². The molecule has 124 valence electrons. The lowest BCUT2D eigenvalue weighted by atomic mass is 9.68. The molecule has 2 heteroatoms. The van der Waals surface area contributed by atoms with Crippen LogP contribution in [0.5, 0.6) is 0 Å². The number of carbonyl (C=O) groups excluding carboxylic acids is 1. The van der Waals surface area contributed by atoms with E-state index in [0.29, 0.717) is 29.5 Å². The number of hydrogen-bond donors (Lipinski definition) is 0. The van der Waals surface area contributed by atoms with Gasteiger partial charge in [-0.15, -0.1) is 0 Å². The summed E-state index contributed by atoms with van der Waals surface area (Å²) in [5.74, 6) is 2.58. The zero-order chi connectivity index (χ0) is 15.7. The van der Waals surface area contributed by atoms with Crippen molar-refractivity contribution >= 4 is 5.78 Å². The van der Waals surface area contributed by atoms with E-state index in [2.05, 4.69) is 20.8 Å². The maximum absolute atomic E-state index is 12.9. The number of Topliss-reactive ketones (excluding diaryl/α,β-unsaturated/α-hetero) is 1. The SMILES string of the molecule is CCCCC(CC)CC(=O)C1C(C)CCCC1CCOC. The molecule has 4 unspecified atom stereocenters. The van der Waals surface area contributed by atoms with Gasteiger partial charge < -0.3 is 4.74 Å². The van der Waals surface area contributed by atoms with Crippen LogP contribution in [0.25, 0.3) is 0 Å². The van der Waals surface area contributed by atoms with E-state index in [1.54, 1.807) is 7.11 Å². The van der Waals surface area contributed by atoms with Gasteiger partial charge in [-0.1, -0.05) is 59.3 Å². The van der Waals surface area contributed by atoms with E-state index < -0.39 is 0 Å². The Morgan fingerprint density at radius 1 is 1.29 bits per heavy atom. The van der Waals surface area contributed by atoms with Crippen LogP contribution in [0.1, 0.15) is 78.6 Å². The summed E-state index contributed by atoms with van der Waals surface area (Å²) >= 11 is 0. The molecule has 1 rings (SSSR count). The van der Waals surface area contributed by atoms with Crippen molar-refractivity contribution in [1.82, 2.24) is 0 Å². The van der Waals surface area contributed by atoms with E-state index in [0.717, 1.165) is 25.9 Å². The van der Waals surface area contributed by atoms with Crippen molar-refractivity contribution in [1.29, 1.82) is 0 Å². The fraction of sp³-hybridized carbons (Fsp3) is 0.947. The molecule has 2 nitrogen and oxygen atoms in total. The number of ether oxygens (including phenoxy) is 1. The van der Waals surface area contributed by atoms with Crippen LogP contribution >= 0.6 is 0 Å². The van der Waals surface area contributed by atoms with Gasteiger partial charge in [0, 0.05) is 26.1 Å². The molecule has 1 aliphatic rings. The minimum atomic E-state index is 0.296. The second kappa shape index (κ2) is 10.4. The first-order chi connectivity index (χ1) is 10.1. The lowest BCUT2D eigenvalue weighted by Gasteiger charge is -2.36. The minimum absolute atomic E-state index is 0.296. The third-order valence-corrected chi connectivity index (χ3v) is 5.45. The quantitative estimate of drug-likeness (QED) is 0.550. The first-order valence-corrected chi connectivity index (χ1v) is 9.15. The Balaban J connectivity index is 2.60. The monoisotopic (exact) mass is 296 g/mol. The zero-order valence-corrected chi connectivity index (χ0v) is 14.7. The fourth-order valence-electron chi connectivity index (χ4n) is 4.06. The number of rotatable bonds is 10. The number of unbranched alkanes of at least 4 members (excludes halogenated alkanes) is 1. The third kappa shape index (κ3) is 6.10. The molecular formula is C19H36O2. The summed E-state index contributed by atoms with van der Waals surface area (Å²) in [6, 6.07) is 0. The zero-order valence-electron chi connectivity index (χ0n) is 14.7. The topological polar surface area (TPSA) is 26.3 Å². The normalized spacial score (nSPS) is 27.5. The molecule has 0 bridgehead atoms.